The predicted molar refractivity (Wildman–Crippen MR) is 91.2 cm³/mol. The van der Waals surface area contributed by atoms with E-state index in [0.29, 0.717) is 0 Å². The van der Waals surface area contributed by atoms with Crippen molar-refractivity contribution in [1.29, 1.82) is 0 Å². The summed E-state index contributed by atoms with van der Waals surface area (Å²) in [4.78, 5) is 13.5. The molecule has 8 heteroatoms. The van der Waals surface area contributed by atoms with E-state index in [1.165, 1.54) is 0 Å². The molecule has 0 N–H and O–H groups in total. The molecule has 0 saturated carbocycles. The van der Waals surface area contributed by atoms with E-state index in [9.17, 15) is 0 Å². The Morgan fingerprint density at radius 1 is 1.04 bits per heavy atom. The highest BCUT2D eigenvalue weighted by Gasteiger charge is 2.20. The van der Waals surface area contributed by atoms with Gasteiger partial charge in [0.05, 0.1) is 0 Å². The number of pyridine rings is 1. The minimum atomic E-state index is 0.819. The molecule has 118 valence electrons. The summed E-state index contributed by atoms with van der Waals surface area (Å²) < 4.78 is 2.03. The fourth-order valence-corrected chi connectivity index (χ4v) is 3.21. The Balaban J connectivity index is 1.51. The van der Waals surface area contributed by atoms with E-state index >= 15 is 0 Å². The van der Waals surface area contributed by atoms with Crippen LogP contribution >= 0.6 is 11.8 Å². The Kier molecular flexibility index (Phi) is 3.74. The van der Waals surface area contributed by atoms with Gasteiger partial charge in [-0.3, -0.25) is 4.40 Å². The molecule has 0 spiro atoms. The number of hydrogen-bond donors (Lipinski definition) is 0. The van der Waals surface area contributed by atoms with Crippen LogP contribution in [0.5, 0.6) is 0 Å². The third kappa shape index (κ3) is 2.70. The largest absolute Gasteiger partial charge is 0.354 e. The van der Waals surface area contributed by atoms with E-state index < -0.39 is 0 Å². The van der Waals surface area contributed by atoms with E-state index in [1.807, 2.05) is 35.1 Å². The molecule has 1 aliphatic heterocycles. The van der Waals surface area contributed by atoms with E-state index in [0.717, 1.165) is 48.6 Å². The van der Waals surface area contributed by atoms with Crippen LogP contribution in [0.4, 0.5) is 11.6 Å². The number of hydrogen-bond acceptors (Lipinski definition) is 7. The van der Waals surface area contributed by atoms with Gasteiger partial charge in [-0.15, -0.1) is 10.2 Å². The second-order valence-corrected chi connectivity index (χ2v) is 6.09. The minimum Gasteiger partial charge on any atom is -0.354 e. The fraction of sp³-hybridized carbons (Fsp3) is 0.333. The molecule has 0 radical (unpaired) electrons. The monoisotopic (exact) mass is 327 g/mol. The Morgan fingerprint density at radius 3 is 2.70 bits per heavy atom. The van der Waals surface area contributed by atoms with Gasteiger partial charge in [0, 0.05) is 32.4 Å². The number of anilines is 2. The van der Waals surface area contributed by atoms with Crippen molar-refractivity contribution in [3.63, 3.8) is 0 Å². The molecule has 3 aromatic heterocycles. The van der Waals surface area contributed by atoms with Gasteiger partial charge in [-0.2, -0.15) is 0 Å². The first kappa shape index (κ1) is 14.3. The number of nitrogens with zero attached hydrogens (tertiary/aromatic N) is 7. The summed E-state index contributed by atoms with van der Waals surface area (Å²) in [5, 5.41) is 8.93. The quantitative estimate of drug-likeness (QED) is 0.534. The van der Waals surface area contributed by atoms with Gasteiger partial charge < -0.3 is 9.80 Å². The van der Waals surface area contributed by atoms with Crippen LogP contribution in [0.25, 0.3) is 5.65 Å². The van der Waals surface area contributed by atoms with E-state index in [2.05, 4.69) is 36.0 Å². The molecule has 4 heterocycles. The van der Waals surface area contributed by atoms with Gasteiger partial charge in [0.25, 0.3) is 0 Å². The van der Waals surface area contributed by atoms with Crippen molar-refractivity contribution in [2.24, 2.45) is 0 Å². The fourth-order valence-electron chi connectivity index (χ4n) is 2.86. The first-order chi connectivity index (χ1) is 11.3. The van der Waals surface area contributed by atoms with Gasteiger partial charge in [-0.05, 0) is 24.5 Å². The molecule has 1 saturated heterocycles. The molecular formula is C15H17N7S. The van der Waals surface area contributed by atoms with Crippen LogP contribution in [0.2, 0.25) is 0 Å². The van der Waals surface area contributed by atoms with Gasteiger partial charge in [0.1, 0.15) is 18.0 Å². The summed E-state index contributed by atoms with van der Waals surface area (Å²) in [7, 11) is 0. The zero-order valence-corrected chi connectivity index (χ0v) is 13.6. The third-order valence-corrected chi connectivity index (χ3v) is 4.60. The molecule has 4 rings (SSSR count). The lowest BCUT2D eigenvalue weighted by Gasteiger charge is -2.36. The van der Waals surface area contributed by atoms with Crippen molar-refractivity contribution in [3.8, 4) is 0 Å². The maximum atomic E-state index is 4.59. The highest BCUT2D eigenvalue weighted by Crippen LogP contribution is 2.21. The van der Waals surface area contributed by atoms with Crippen molar-refractivity contribution in [2.75, 3.05) is 42.2 Å². The standard InChI is InChI=1S/C15H17N7S/c1-23-15-16-6-5-12(18-15)20-7-9-21(10-8-20)14-4-2-3-13-19-17-11-22(13)14/h2-6,11H,7-10H2,1H3. The Bertz CT molecular complexity index is 810. The van der Waals surface area contributed by atoms with Crippen LogP contribution in [-0.2, 0) is 0 Å². The van der Waals surface area contributed by atoms with Crippen molar-refractivity contribution >= 4 is 29.0 Å². The Labute approximate surface area is 138 Å². The highest BCUT2D eigenvalue weighted by atomic mass is 32.2. The SMILES string of the molecule is CSc1nccc(N2CCN(c3cccc4nncn34)CC2)n1. The first-order valence-corrected chi connectivity index (χ1v) is 8.73. The van der Waals surface area contributed by atoms with E-state index in [1.54, 1.807) is 18.1 Å². The predicted octanol–water partition coefficient (Wildman–Crippen LogP) is 1.57. The third-order valence-electron chi connectivity index (χ3n) is 4.04. The zero-order chi connectivity index (χ0) is 15.6. The van der Waals surface area contributed by atoms with Gasteiger partial charge in [-0.25, -0.2) is 9.97 Å². The number of piperazine rings is 1. The molecule has 0 aliphatic carbocycles. The molecule has 1 aliphatic rings. The maximum absolute atomic E-state index is 4.59. The molecule has 0 amide bonds. The molecule has 0 atom stereocenters. The smallest absolute Gasteiger partial charge is 0.189 e. The molecule has 7 nitrogen and oxygen atoms in total. The molecular weight excluding hydrogens is 310 g/mol. The molecule has 0 aromatic carbocycles. The first-order valence-electron chi connectivity index (χ1n) is 7.51. The second-order valence-electron chi connectivity index (χ2n) is 5.32. The molecule has 0 unspecified atom stereocenters. The topological polar surface area (TPSA) is 62.5 Å². The summed E-state index contributed by atoms with van der Waals surface area (Å²) in [6.07, 6.45) is 5.60. The lowest BCUT2D eigenvalue weighted by Crippen LogP contribution is -2.47. The molecule has 3 aromatic rings. The van der Waals surface area contributed by atoms with Gasteiger partial charge in [-0.1, -0.05) is 17.8 Å². The van der Waals surface area contributed by atoms with Crippen molar-refractivity contribution in [2.45, 2.75) is 5.16 Å². The van der Waals surface area contributed by atoms with E-state index in [4.69, 9.17) is 0 Å². The highest BCUT2D eigenvalue weighted by molar-refractivity contribution is 7.98. The average Bonchev–Trinajstić information content (AvgIpc) is 3.11. The van der Waals surface area contributed by atoms with Crippen LogP contribution < -0.4 is 9.80 Å². The summed E-state index contributed by atoms with van der Waals surface area (Å²) in [5.41, 5.74) is 0.880. The number of rotatable bonds is 3. The Hall–Kier alpha value is -2.35. The number of fused-ring (bicyclic) bond motifs is 1. The van der Waals surface area contributed by atoms with Crippen molar-refractivity contribution < 1.29 is 0 Å². The van der Waals surface area contributed by atoms with Crippen LogP contribution in [0.15, 0.2) is 41.9 Å². The lowest BCUT2D eigenvalue weighted by molar-refractivity contribution is 0.635. The van der Waals surface area contributed by atoms with Crippen molar-refractivity contribution in [3.05, 3.63) is 36.8 Å². The summed E-state index contributed by atoms with van der Waals surface area (Å²) in [6, 6.07) is 8.09. The van der Waals surface area contributed by atoms with Crippen LogP contribution in [0.3, 0.4) is 0 Å². The summed E-state index contributed by atoms with van der Waals surface area (Å²) >= 11 is 1.57. The molecule has 1 fully saturated rings. The second kappa shape index (κ2) is 6.04. The summed E-state index contributed by atoms with van der Waals surface area (Å²) in [6.45, 7) is 3.75. The lowest BCUT2D eigenvalue weighted by atomic mass is 10.3. The van der Waals surface area contributed by atoms with Gasteiger partial charge in [0.2, 0.25) is 0 Å². The minimum absolute atomic E-state index is 0.819. The maximum Gasteiger partial charge on any atom is 0.189 e. The van der Waals surface area contributed by atoms with Gasteiger partial charge >= 0.3 is 0 Å². The van der Waals surface area contributed by atoms with Crippen molar-refractivity contribution in [1.82, 2.24) is 24.6 Å². The Morgan fingerprint density at radius 2 is 1.87 bits per heavy atom. The summed E-state index contributed by atoms with van der Waals surface area (Å²) in [5.74, 6) is 2.14. The molecule has 23 heavy (non-hydrogen) atoms. The molecule has 0 bridgehead atoms. The van der Waals surface area contributed by atoms with Crippen LogP contribution in [0, 0.1) is 0 Å². The normalized spacial score (nSPS) is 15.3. The van der Waals surface area contributed by atoms with Crippen LogP contribution in [-0.4, -0.2) is 57.0 Å². The number of aromatic nitrogens is 5. The van der Waals surface area contributed by atoms with E-state index in [-0.39, 0.29) is 0 Å². The number of thioether (sulfide) groups is 1. The average molecular weight is 327 g/mol. The van der Waals surface area contributed by atoms with Crippen LogP contribution in [0.1, 0.15) is 0 Å². The zero-order valence-electron chi connectivity index (χ0n) is 12.8. The van der Waals surface area contributed by atoms with Gasteiger partial charge in [0.15, 0.2) is 10.8 Å².